The molecule has 1 aliphatic rings. The van der Waals surface area contributed by atoms with E-state index in [0.717, 1.165) is 0 Å². The Morgan fingerprint density at radius 2 is 2.00 bits per heavy atom. The van der Waals surface area contributed by atoms with Crippen LogP contribution in [0.25, 0.3) is 0 Å². The Morgan fingerprint density at radius 3 is 2.44 bits per heavy atom. The van der Waals surface area contributed by atoms with Gasteiger partial charge >= 0.3 is 5.97 Å². The SMILES string of the molecule is COCC(C(=O)O)N1Cc2ccccc2C1. The second kappa shape index (κ2) is 4.63. The first-order valence-electron chi connectivity index (χ1n) is 5.25. The van der Waals surface area contributed by atoms with Crippen LogP contribution in [0.15, 0.2) is 24.3 Å². The van der Waals surface area contributed by atoms with E-state index in [1.165, 1.54) is 18.2 Å². The van der Waals surface area contributed by atoms with E-state index in [0.29, 0.717) is 13.1 Å². The molecule has 0 amide bonds. The molecule has 0 aromatic heterocycles. The van der Waals surface area contributed by atoms with Crippen molar-refractivity contribution in [3.8, 4) is 0 Å². The summed E-state index contributed by atoms with van der Waals surface area (Å²) in [4.78, 5) is 13.0. The normalized spacial score (nSPS) is 17.1. The lowest BCUT2D eigenvalue weighted by atomic mass is 10.1. The molecule has 1 heterocycles. The zero-order valence-electron chi connectivity index (χ0n) is 9.22. The molecular formula is C12H15NO3. The Bertz CT molecular complexity index is 367. The van der Waals surface area contributed by atoms with Crippen LogP contribution >= 0.6 is 0 Å². The topological polar surface area (TPSA) is 49.8 Å². The summed E-state index contributed by atoms with van der Waals surface area (Å²) in [5, 5.41) is 9.12. The minimum absolute atomic E-state index is 0.226. The van der Waals surface area contributed by atoms with Crippen molar-refractivity contribution < 1.29 is 14.6 Å². The maximum absolute atomic E-state index is 11.1. The highest BCUT2D eigenvalue weighted by atomic mass is 16.5. The van der Waals surface area contributed by atoms with Gasteiger partial charge in [-0.2, -0.15) is 0 Å². The van der Waals surface area contributed by atoms with Crippen molar-refractivity contribution in [2.75, 3.05) is 13.7 Å². The van der Waals surface area contributed by atoms with Crippen LogP contribution < -0.4 is 0 Å². The number of benzene rings is 1. The number of carbonyl (C=O) groups is 1. The first-order valence-corrected chi connectivity index (χ1v) is 5.25. The second-order valence-electron chi connectivity index (χ2n) is 3.98. The van der Waals surface area contributed by atoms with E-state index < -0.39 is 12.0 Å². The molecule has 0 saturated carbocycles. The van der Waals surface area contributed by atoms with Crippen molar-refractivity contribution in [3.63, 3.8) is 0 Å². The van der Waals surface area contributed by atoms with Crippen LogP contribution in [-0.4, -0.2) is 35.7 Å². The summed E-state index contributed by atoms with van der Waals surface area (Å²) in [5.74, 6) is -0.824. The maximum Gasteiger partial charge on any atom is 0.323 e. The molecular weight excluding hydrogens is 206 g/mol. The van der Waals surface area contributed by atoms with Gasteiger partial charge in [0.05, 0.1) is 6.61 Å². The van der Waals surface area contributed by atoms with E-state index >= 15 is 0 Å². The largest absolute Gasteiger partial charge is 0.480 e. The van der Waals surface area contributed by atoms with Gasteiger partial charge in [0.25, 0.3) is 0 Å². The minimum atomic E-state index is -0.824. The van der Waals surface area contributed by atoms with Crippen molar-refractivity contribution >= 4 is 5.97 Å². The molecule has 1 unspecified atom stereocenters. The fourth-order valence-corrected chi connectivity index (χ4v) is 2.07. The van der Waals surface area contributed by atoms with Gasteiger partial charge < -0.3 is 9.84 Å². The fraction of sp³-hybridized carbons (Fsp3) is 0.417. The van der Waals surface area contributed by atoms with Crippen molar-refractivity contribution in [1.29, 1.82) is 0 Å². The van der Waals surface area contributed by atoms with Gasteiger partial charge in [0, 0.05) is 20.2 Å². The van der Waals surface area contributed by atoms with Crippen LogP contribution in [-0.2, 0) is 22.6 Å². The molecule has 16 heavy (non-hydrogen) atoms. The van der Waals surface area contributed by atoms with Gasteiger partial charge in [-0.15, -0.1) is 0 Å². The number of aliphatic carboxylic acids is 1. The van der Waals surface area contributed by atoms with E-state index in [4.69, 9.17) is 9.84 Å². The third kappa shape index (κ3) is 2.08. The maximum atomic E-state index is 11.1. The molecule has 4 nitrogen and oxygen atoms in total. The third-order valence-corrected chi connectivity index (χ3v) is 2.92. The summed E-state index contributed by atoms with van der Waals surface area (Å²) >= 11 is 0. The van der Waals surface area contributed by atoms with Crippen molar-refractivity contribution in [2.45, 2.75) is 19.1 Å². The highest BCUT2D eigenvalue weighted by Gasteiger charge is 2.30. The van der Waals surface area contributed by atoms with E-state index in [2.05, 4.69) is 0 Å². The monoisotopic (exact) mass is 221 g/mol. The quantitative estimate of drug-likeness (QED) is 0.827. The molecule has 0 radical (unpaired) electrons. The van der Waals surface area contributed by atoms with Gasteiger partial charge in [0.1, 0.15) is 6.04 Å². The van der Waals surface area contributed by atoms with Crippen LogP contribution in [0.5, 0.6) is 0 Å². The second-order valence-corrected chi connectivity index (χ2v) is 3.98. The van der Waals surface area contributed by atoms with Gasteiger partial charge in [0.2, 0.25) is 0 Å². The lowest BCUT2D eigenvalue weighted by Gasteiger charge is -2.22. The Morgan fingerprint density at radius 1 is 1.44 bits per heavy atom. The van der Waals surface area contributed by atoms with Crippen molar-refractivity contribution in [3.05, 3.63) is 35.4 Å². The van der Waals surface area contributed by atoms with Crippen LogP contribution in [0.4, 0.5) is 0 Å². The van der Waals surface area contributed by atoms with Crippen LogP contribution in [0, 0.1) is 0 Å². The zero-order valence-corrected chi connectivity index (χ0v) is 9.22. The molecule has 86 valence electrons. The zero-order chi connectivity index (χ0) is 11.5. The lowest BCUT2D eigenvalue weighted by molar-refractivity contribution is -0.145. The molecule has 4 heteroatoms. The van der Waals surface area contributed by atoms with E-state index in [9.17, 15) is 4.79 Å². The number of carboxylic acids is 1. The average molecular weight is 221 g/mol. The smallest absolute Gasteiger partial charge is 0.323 e. The molecule has 1 aromatic rings. The van der Waals surface area contributed by atoms with Gasteiger partial charge in [-0.05, 0) is 11.1 Å². The molecule has 0 bridgehead atoms. The van der Waals surface area contributed by atoms with Gasteiger partial charge in [-0.25, -0.2) is 0 Å². The molecule has 2 rings (SSSR count). The number of hydrogen-bond donors (Lipinski definition) is 1. The number of rotatable bonds is 4. The Kier molecular flexibility index (Phi) is 3.22. The van der Waals surface area contributed by atoms with Crippen LogP contribution in [0.1, 0.15) is 11.1 Å². The average Bonchev–Trinajstić information content (AvgIpc) is 2.68. The number of nitrogens with zero attached hydrogens (tertiary/aromatic N) is 1. The number of methoxy groups -OCH3 is 1. The van der Waals surface area contributed by atoms with E-state index in [-0.39, 0.29) is 6.61 Å². The highest BCUT2D eigenvalue weighted by molar-refractivity contribution is 5.73. The molecule has 0 spiro atoms. The third-order valence-electron chi connectivity index (χ3n) is 2.92. The van der Waals surface area contributed by atoms with Gasteiger partial charge in [-0.1, -0.05) is 24.3 Å². The van der Waals surface area contributed by atoms with Gasteiger partial charge in [0.15, 0.2) is 0 Å². The van der Waals surface area contributed by atoms with Crippen LogP contribution in [0.2, 0.25) is 0 Å². The standard InChI is InChI=1S/C12H15NO3/c1-16-8-11(12(14)15)13-6-9-4-2-3-5-10(9)7-13/h2-5,11H,6-8H2,1H3,(H,14,15). The van der Waals surface area contributed by atoms with Crippen molar-refractivity contribution in [2.24, 2.45) is 0 Å². The molecule has 1 aromatic carbocycles. The predicted molar refractivity (Wildman–Crippen MR) is 59.0 cm³/mol. The summed E-state index contributed by atoms with van der Waals surface area (Å²) in [7, 11) is 1.53. The molecule has 0 fully saturated rings. The Labute approximate surface area is 94.4 Å². The fourth-order valence-electron chi connectivity index (χ4n) is 2.07. The number of ether oxygens (including phenoxy) is 1. The summed E-state index contributed by atoms with van der Waals surface area (Å²) in [6.07, 6.45) is 0. The van der Waals surface area contributed by atoms with Crippen LogP contribution in [0.3, 0.4) is 0 Å². The summed E-state index contributed by atoms with van der Waals surface area (Å²) in [6, 6.07) is 7.49. The van der Waals surface area contributed by atoms with Crippen molar-refractivity contribution in [1.82, 2.24) is 4.90 Å². The Hall–Kier alpha value is -1.39. The molecule has 1 aliphatic heterocycles. The summed E-state index contributed by atoms with van der Waals surface area (Å²) in [6.45, 7) is 1.61. The van der Waals surface area contributed by atoms with Gasteiger partial charge in [-0.3, -0.25) is 9.69 Å². The lowest BCUT2D eigenvalue weighted by Crippen LogP contribution is -2.41. The number of hydrogen-bond acceptors (Lipinski definition) is 3. The minimum Gasteiger partial charge on any atom is -0.480 e. The summed E-state index contributed by atoms with van der Waals surface area (Å²) in [5.41, 5.74) is 2.43. The highest BCUT2D eigenvalue weighted by Crippen LogP contribution is 2.24. The summed E-state index contributed by atoms with van der Waals surface area (Å²) < 4.78 is 4.95. The van der Waals surface area contributed by atoms with E-state index in [1.807, 2.05) is 29.2 Å². The first kappa shape index (κ1) is 11.1. The predicted octanol–water partition coefficient (Wildman–Crippen LogP) is 1.10. The first-order chi connectivity index (χ1) is 7.72. The number of carboxylic acid groups (broad SMARTS) is 1. The molecule has 1 N–H and O–H groups in total. The number of fused-ring (bicyclic) bond motifs is 1. The molecule has 0 aliphatic carbocycles. The van der Waals surface area contributed by atoms with E-state index in [1.54, 1.807) is 0 Å². The Balaban J connectivity index is 2.12. The molecule has 0 saturated heterocycles. The molecule has 1 atom stereocenters.